The molecule has 15 heavy (non-hydrogen) atoms. The molecule has 0 aliphatic rings. The van der Waals surface area contributed by atoms with E-state index >= 15 is 0 Å². The highest BCUT2D eigenvalue weighted by Gasteiger charge is 2.24. The summed E-state index contributed by atoms with van der Waals surface area (Å²) < 4.78 is 0. The second kappa shape index (κ2) is 6.37. The van der Waals surface area contributed by atoms with E-state index in [1.807, 2.05) is 11.8 Å². The second-order valence-electron chi connectivity index (χ2n) is 5.13. The zero-order valence-corrected chi connectivity index (χ0v) is 11.4. The second-order valence-corrected chi connectivity index (χ2v) is 5.51. The molecule has 0 aromatic rings. The summed E-state index contributed by atoms with van der Waals surface area (Å²) in [6.45, 7) is 12.0. The average Bonchev–Trinajstić information content (AvgIpc) is 2.12. The molecule has 2 nitrogen and oxygen atoms in total. The van der Waals surface area contributed by atoms with Gasteiger partial charge in [0.15, 0.2) is 0 Å². The van der Waals surface area contributed by atoms with Gasteiger partial charge in [0.05, 0.1) is 0 Å². The Balaban J connectivity index is 4.22. The van der Waals surface area contributed by atoms with Crippen LogP contribution in [0.15, 0.2) is 0 Å². The minimum absolute atomic E-state index is 0.191. The molecule has 90 valence electrons. The number of halogens is 1. The van der Waals surface area contributed by atoms with Crippen LogP contribution in [0.1, 0.15) is 41.0 Å². The van der Waals surface area contributed by atoms with Crippen LogP contribution in [0.4, 0.5) is 0 Å². The SMILES string of the molecule is CCN(CCCl)C(=O)CC(C)C(C)(C)C. The molecular weight excluding hydrogens is 210 g/mol. The molecule has 0 heterocycles. The molecule has 0 aromatic heterocycles. The molecule has 1 unspecified atom stereocenters. The highest BCUT2D eigenvalue weighted by molar-refractivity contribution is 6.18. The Morgan fingerprint density at radius 2 is 1.93 bits per heavy atom. The fraction of sp³-hybridized carbons (Fsp3) is 0.917. The smallest absolute Gasteiger partial charge is 0.222 e. The summed E-state index contributed by atoms with van der Waals surface area (Å²) in [5.74, 6) is 1.14. The largest absolute Gasteiger partial charge is 0.342 e. The Labute approximate surface area is 99.0 Å². The monoisotopic (exact) mass is 233 g/mol. The van der Waals surface area contributed by atoms with E-state index in [9.17, 15) is 4.79 Å². The lowest BCUT2D eigenvalue weighted by Gasteiger charge is -2.29. The number of alkyl halides is 1. The Bertz CT molecular complexity index is 198. The van der Waals surface area contributed by atoms with Crippen molar-refractivity contribution in [3.8, 4) is 0 Å². The van der Waals surface area contributed by atoms with Crippen molar-refractivity contribution < 1.29 is 4.79 Å². The fourth-order valence-corrected chi connectivity index (χ4v) is 1.46. The normalized spacial score (nSPS) is 13.7. The van der Waals surface area contributed by atoms with E-state index in [0.29, 0.717) is 24.8 Å². The average molecular weight is 234 g/mol. The zero-order chi connectivity index (χ0) is 12.1. The van der Waals surface area contributed by atoms with Gasteiger partial charge in [-0.2, -0.15) is 0 Å². The van der Waals surface area contributed by atoms with Gasteiger partial charge in [-0.1, -0.05) is 27.7 Å². The van der Waals surface area contributed by atoms with E-state index in [4.69, 9.17) is 11.6 Å². The number of hydrogen-bond acceptors (Lipinski definition) is 1. The van der Waals surface area contributed by atoms with Gasteiger partial charge < -0.3 is 4.90 Å². The third-order valence-electron chi connectivity index (χ3n) is 3.05. The highest BCUT2D eigenvalue weighted by atomic mass is 35.5. The van der Waals surface area contributed by atoms with Crippen molar-refractivity contribution >= 4 is 17.5 Å². The summed E-state index contributed by atoms with van der Waals surface area (Å²) in [5.41, 5.74) is 0.191. The van der Waals surface area contributed by atoms with Crippen LogP contribution in [0.5, 0.6) is 0 Å². The summed E-state index contributed by atoms with van der Waals surface area (Å²) in [6.07, 6.45) is 0.619. The van der Waals surface area contributed by atoms with E-state index in [1.54, 1.807) is 0 Å². The van der Waals surface area contributed by atoms with Gasteiger partial charge in [0.1, 0.15) is 0 Å². The number of hydrogen-bond donors (Lipinski definition) is 0. The predicted molar refractivity (Wildman–Crippen MR) is 66.2 cm³/mol. The summed E-state index contributed by atoms with van der Waals surface area (Å²) in [4.78, 5) is 13.7. The lowest BCUT2D eigenvalue weighted by Crippen LogP contribution is -2.35. The van der Waals surface area contributed by atoms with E-state index in [2.05, 4.69) is 27.7 Å². The highest BCUT2D eigenvalue weighted by Crippen LogP contribution is 2.28. The van der Waals surface area contributed by atoms with Crippen molar-refractivity contribution in [3.05, 3.63) is 0 Å². The predicted octanol–water partition coefficient (Wildman–Crippen LogP) is 3.15. The van der Waals surface area contributed by atoms with Gasteiger partial charge in [-0.25, -0.2) is 0 Å². The molecule has 3 heteroatoms. The van der Waals surface area contributed by atoms with Gasteiger partial charge >= 0.3 is 0 Å². The van der Waals surface area contributed by atoms with Crippen LogP contribution in [0.2, 0.25) is 0 Å². The minimum atomic E-state index is 0.191. The molecule has 0 radical (unpaired) electrons. The van der Waals surface area contributed by atoms with Gasteiger partial charge in [-0.15, -0.1) is 11.6 Å². The van der Waals surface area contributed by atoms with Crippen molar-refractivity contribution in [3.63, 3.8) is 0 Å². The zero-order valence-electron chi connectivity index (χ0n) is 10.6. The molecule has 0 aliphatic heterocycles. The van der Waals surface area contributed by atoms with Crippen LogP contribution in [-0.4, -0.2) is 29.8 Å². The van der Waals surface area contributed by atoms with Crippen molar-refractivity contribution in [2.24, 2.45) is 11.3 Å². The first kappa shape index (κ1) is 14.8. The van der Waals surface area contributed by atoms with E-state index in [0.717, 1.165) is 6.54 Å². The molecule has 0 spiro atoms. The van der Waals surface area contributed by atoms with E-state index < -0.39 is 0 Å². The quantitative estimate of drug-likeness (QED) is 0.668. The third-order valence-corrected chi connectivity index (χ3v) is 3.22. The van der Waals surface area contributed by atoms with Crippen molar-refractivity contribution in [2.75, 3.05) is 19.0 Å². The van der Waals surface area contributed by atoms with Gasteiger partial charge in [0.25, 0.3) is 0 Å². The Kier molecular flexibility index (Phi) is 6.26. The molecule has 0 aliphatic carbocycles. The number of carbonyl (C=O) groups excluding carboxylic acids is 1. The Hall–Kier alpha value is -0.240. The van der Waals surface area contributed by atoms with Crippen LogP contribution >= 0.6 is 11.6 Å². The number of nitrogens with zero attached hydrogens (tertiary/aromatic N) is 1. The maximum absolute atomic E-state index is 11.9. The molecule has 0 N–H and O–H groups in total. The third kappa shape index (κ3) is 5.41. The first-order chi connectivity index (χ1) is 6.82. The van der Waals surface area contributed by atoms with Crippen LogP contribution in [0.3, 0.4) is 0 Å². The molecule has 0 rings (SSSR count). The van der Waals surface area contributed by atoms with Gasteiger partial charge in [-0.05, 0) is 18.3 Å². The van der Waals surface area contributed by atoms with Crippen molar-refractivity contribution in [1.82, 2.24) is 4.90 Å². The number of amides is 1. The van der Waals surface area contributed by atoms with E-state index in [1.165, 1.54) is 0 Å². The summed E-state index contributed by atoms with van der Waals surface area (Å²) in [6, 6.07) is 0. The summed E-state index contributed by atoms with van der Waals surface area (Å²) >= 11 is 5.65. The molecule has 0 aromatic carbocycles. The first-order valence-electron chi connectivity index (χ1n) is 5.66. The van der Waals surface area contributed by atoms with Crippen molar-refractivity contribution in [1.29, 1.82) is 0 Å². The fourth-order valence-electron chi connectivity index (χ4n) is 1.26. The molecule has 0 bridgehead atoms. The Morgan fingerprint density at radius 1 is 1.40 bits per heavy atom. The van der Waals surface area contributed by atoms with Gasteiger partial charge in [-0.3, -0.25) is 4.79 Å². The maximum Gasteiger partial charge on any atom is 0.222 e. The molecule has 1 atom stereocenters. The minimum Gasteiger partial charge on any atom is -0.342 e. The number of carbonyl (C=O) groups is 1. The summed E-state index contributed by atoms with van der Waals surface area (Å²) in [7, 11) is 0. The first-order valence-corrected chi connectivity index (χ1v) is 6.20. The lowest BCUT2D eigenvalue weighted by molar-refractivity contribution is -0.132. The maximum atomic E-state index is 11.9. The molecule has 0 fully saturated rings. The van der Waals surface area contributed by atoms with Crippen molar-refractivity contribution in [2.45, 2.75) is 41.0 Å². The van der Waals surface area contributed by atoms with E-state index in [-0.39, 0.29) is 11.3 Å². The van der Waals surface area contributed by atoms with Gasteiger partial charge in [0, 0.05) is 25.4 Å². The Morgan fingerprint density at radius 3 is 2.27 bits per heavy atom. The summed E-state index contributed by atoms with van der Waals surface area (Å²) in [5, 5.41) is 0. The molecule has 1 amide bonds. The lowest BCUT2D eigenvalue weighted by atomic mass is 9.80. The number of rotatable bonds is 5. The molecule has 0 saturated carbocycles. The standard InChI is InChI=1S/C12H24ClNO/c1-6-14(8-7-13)11(15)9-10(2)12(3,4)5/h10H,6-9H2,1-5H3. The topological polar surface area (TPSA) is 20.3 Å². The molecule has 0 saturated heterocycles. The van der Waals surface area contributed by atoms with Crippen LogP contribution in [-0.2, 0) is 4.79 Å². The van der Waals surface area contributed by atoms with Gasteiger partial charge in [0.2, 0.25) is 5.91 Å². The van der Waals surface area contributed by atoms with Crippen LogP contribution in [0.25, 0.3) is 0 Å². The van der Waals surface area contributed by atoms with Crippen LogP contribution < -0.4 is 0 Å². The molecular formula is C12H24ClNO. The van der Waals surface area contributed by atoms with Crippen LogP contribution in [0, 0.1) is 11.3 Å².